The van der Waals surface area contributed by atoms with Crippen molar-refractivity contribution in [3.63, 3.8) is 0 Å². The van der Waals surface area contributed by atoms with Crippen molar-refractivity contribution in [2.75, 3.05) is 5.32 Å². The van der Waals surface area contributed by atoms with E-state index in [0.717, 1.165) is 22.0 Å². The number of aliphatic hydroxyl groups is 1. The van der Waals surface area contributed by atoms with Gasteiger partial charge >= 0.3 is 6.09 Å². The van der Waals surface area contributed by atoms with Crippen molar-refractivity contribution < 1.29 is 14.6 Å². The molecule has 1 aromatic heterocycles. The van der Waals surface area contributed by atoms with E-state index in [1.807, 2.05) is 42.5 Å². The Hall–Kier alpha value is -2.92. The van der Waals surface area contributed by atoms with Crippen LogP contribution in [0.5, 0.6) is 0 Å². The van der Waals surface area contributed by atoms with Crippen LogP contribution in [0.4, 0.5) is 10.5 Å². The first-order valence-electron chi connectivity index (χ1n) is 7.67. The van der Waals surface area contributed by atoms with E-state index in [0.29, 0.717) is 5.69 Å². The zero-order chi connectivity index (χ0) is 16.9. The predicted octanol–water partition coefficient (Wildman–Crippen LogP) is 4.04. The van der Waals surface area contributed by atoms with Crippen molar-refractivity contribution in [3.8, 4) is 0 Å². The molecule has 1 atom stereocenters. The predicted molar refractivity (Wildman–Crippen MR) is 92.6 cm³/mol. The molecule has 0 spiro atoms. The first-order valence-corrected chi connectivity index (χ1v) is 7.67. The molecule has 0 aliphatic carbocycles. The van der Waals surface area contributed by atoms with Gasteiger partial charge < -0.3 is 9.84 Å². The van der Waals surface area contributed by atoms with Crippen LogP contribution in [0.1, 0.15) is 24.2 Å². The van der Waals surface area contributed by atoms with Crippen molar-refractivity contribution in [2.24, 2.45) is 0 Å². The summed E-state index contributed by atoms with van der Waals surface area (Å²) in [6.07, 6.45) is 0.552. The number of hydrogen-bond acceptors (Lipinski definition) is 4. The lowest BCUT2D eigenvalue weighted by Crippen LogP contribution is -2.13. The number of hydrogen-bond donors (Lipinski definition) is 2. The van der Waals surface area contributed by atoms with Crippen molar-refractivity contribution in [1.29, 1.82) is 0 Å². The molecule has 0 fully saturated rings. The molecule has 1 amide bonds. The molecule has 122 valence electrons. The molecule has 3 aromatic rings. The number of anilines is 1. The molecule has 0 radical (unpaired) electrons. The van der Waals surface area contributed by atoms with Crippen LogP contribution in [0.2, 0.25) is 0 Å². The van der Waals surface area contributed by atoms with Gasteiger partial charge in [0.15, 0.2) is 0 Å². The van der Waals surface area contributed by atoms with Crippen molar-refractivity contribution in [1.82, 2.24) is 4.98 Å². The van der Waals surface area contributed by atoms with Crippen LogP contribution in [0.15, 0.2) is 60.8 Å². The second kappa shape index (κ2) is 7.10. The van der Waals surface area contributed by atoms with E-state index in [1.165, 1.54) is 0 Å². The highest BCUT2D eigenvalue weighted by molar-refractivity contribution is 5.89. The van der Waals surface area contributed by atoms with Crippen molar-refractivity contribution in [2.45, 2.75) is 19.6 Å². The third-order valence-electron chi connectivity index (χ3n) is 3.65. The van der Waals surface area contributed by atoms with E-state index in [4.69, 9.17) is 4.74 Å². The summed E-state index contributed by atoms with van der Waals surface area (Å²) in [5.41, 5.74) is 3.03. The van der Waals surface area contributed by atoms with Gasteiger partial charge in [-0.05, 0) is 36.2 Å². The highest BCUT2D eigenvalue weighted by Gasteiger charge is 2.07. The molecule has 0 bridgehead atoms. The molecule has 1 heterocycles. The summed E-state index contributed by atoms with van der Waals surface area (Å²) >= 11 is 0. The Kier molecular flexibility index (Phi) is 4.72. The number of aliphatic hydroxyl groups excluding tert-OH is 1. The van der Waals surface area contributed by atoms with Gasteiger partial charge in [0, 0.05) is 17.3 Å². The molecule has 3 rings (SSSR count). The standard InChI is InChI=1S/C19H18N2O3/c1-13(22)16-9-15-7-8-17(10-18(15)20-11-16)21-19(23)24-12-14-5-3-2-4-6-14/h2-11,13,22H,12H2,1H3,(H,21,23). The summed E-state index contributed by atoms with van der Waals surface area (Å²) in [5, 5.41) is 13.2. The van der Waals surface area contributed by atoms with Crippen LogP contribution >= 0.6 is 0 Å². The van der Waals surface area contributed by atoms with Crippen molar-refractivity contribution in [3.05, 3.63) is 71.9 Å². The lowest BCUT2D eigenvalue weighted by molar-refractivity contribution is 0.155. The number of benzene rings is 2. The molecule has 24 heavy (non-hydrogen) atoms. The van der Waals surface area contributed by atoms with E-state index >= 15 is 0 Å². The number of pyridine rings is 1. The molecule has 1 unspecified atom stereocenters. The Balaban J connectivity index is 1.66. The molecule has 2 aromatic carbocycles. The van der Waals surface area contributed by atoms with Crippen LogP contribution in [-0.4, -0.2) is 16.2 Å². The Labute approximate surface area is 139 Å². The topological polar surface area (TPSA) is 71.5 Å². The summed E-state index contributed by atoms with van der Waals surface area (Å²) in [7, 11) is 0. The van der Waals surface area contributed by atoms with Gasteiger partial charge in [-0.2, -0.15) is 0 Å². The van der Waals surface area contributed by atoms with Gasteiger partial charge in [-0.15, -0.1) is 0 Å². The van der Waals surface area contributed by atoms with Gasteiger partial charge in [-0.25, -0.2) is 4.79 Å². The molecule has 2 N–H and O–H groups in total. The average Bonchev–Trinajstić information content (AvgIpc) is 2.60. The Morgan fingerprint density at radius 3 is 2.75 bits per heavy atom. The Morgan fingerprint density at radius 1 is 1.21 bits per heavy atom. The molecule has 0 saturated carbocycles. The number of nitrogens with one attached hydrogen (secondary N) is 1. The minimum atomic E-state index is -0.562. The maximum absolute atomic E-state index is 11.9. The maximum atomic E-state index is 11.9. The third-order valence-corrected chi connectivity index (χ3v) is 3.65. The highest BCUT2D eigenvalue weighted by Crippen LogP contribution is 2.21. The highest BCUT2D eigenvalue weighted by atomic mass is 16.5. The number of carbonyl (C=O) groups is 1. The van der Waals surface area contributed by atoms with Crippen LogP contribution in [0.25, 0.3) is 10.9 Å². The molecular weight excluding hydrogens is 304 g/mol. The summed E-state index contributed by atoms with van der Waals surface area (Å²) in [4.78, 5) is 16.2. The normalized spacial score (nSPS) is 11.9. The molecule has 0 saturated heterocycles. The largest absolute Gasteiger partial charge is 0.444 e. The van der Waals surface area contributed by atoms with Gasteiger partial charge in [0.2, 0.25) is 0 Å². The quantitative estimate of drug-likeness (QED) is 0.760. The number of nitrogens with zero attached hydrogens (tertiary/aromatic N) is 1. The maximum Gasteiger partial charge on any atom is 0.411 e. The summed E-state index contributed by atoms with van der Waals surface area (Å²) in [6.45, 7) is 1.91. The van der Waals surface area contributed by atoms with E-state index in [2.05, 4.69) is 10.3 Å². The lowest BCUT2D eigenvalue weighted by Gasteiger charge is -2.09. The van der Waals surface area contributed by atoms with Crippen LogP contribution in [-0.2, 0) is 11.3 Å². The first-order chi connectivity index (χ1) is 11.6. The number of rotatable bonds is 4. The molecular formula is C19H18N2O3. The Bertz CT molecular complexity index is 848. The second-order valence-electron chi connectivity index (χ2n) is 5.54. The minimum Gasteiger partial charge on any atom is -0.444 e. The molecule has 0 aliphatic heterocycles. The minimum absolute atomic E-state index is 0.219. The molecule has 5 nitrogen and oxygen atoms in total. The third kappa shape index (κ3) is 3.88. The number of fused-ring (bicyclic) bond motifs is 1. The number of carbonyl (C=O) groups excluding carboxylic acids is 1. The monoisotopic (exact) mass is 322 g/mol. The fourth-order valence-electron chi connectivity index (χ4n) is 2.32. The second-order valence-corrected chi connectivity index (χ2v) is 5.54. The van der Waals surface area contributed by atoms with Crippen LogP contribution in [0.3, 0.4) is 0 Å². The first kappa shape index (κ1) is 16.0. The zero-order valence-corrected chi connectivity index (χ0v) is 13.3. The fraction of sp³-hybridized carbons (Fsp3) is 0.158. The van der Waals surface area contributed by atoms with Gasteiger partial charge in [0.1, 0.15) is 6.61 Å². The zero-order valence-electron chi connectivity index (χ0n) is 13.3. The van der Waals surface area contributed by atoms with Gasteiger partial charge in [0.05, 0.1) is 11.6 Å². The summed E-state index contributed by atoms with van der Waals surface area (Å²) in [5.74, 6) is 0. The SMILES string of the molecule is CC(O)c1cnc2cc(NC(=O)OCc3ccccc3)ccc2c1. The molecule has 5 heteroatoms. The van der Waals surface area contributed by atoms with E-state index in [1.54, 1.807) is 25.3 Å². The van der Waals surface area contributed by atoms with Gasteiger partial charge in [-0.3, -0.25) is 10.3 Å². The number of aromatic nitrogens is 1. The lowest BCUT2D eigenvalue weighted by atomic mass is 10.1. The van der Waals surface area contributed by atoms with Gasteiger partial charge in [-0.1, -0.05) is 36.4 Å². The van der Waals surface area contributed by atoms with E-state index in [9.17, 15) is 9.90 Å². The van der Waals surface area contributed by atoms with Crippen LogP contribution in [0, 0.1) is 0 Å². The smallest absolute Gasteiger partial charge is 0.411 e. The summed E-state index contributed by atoms with van der Waals surface area (Å²) in [6, 6.07) is 16.8. The summed E-state index contributed by atoms with van der Waals surface area (Å²) < 4.78 is 5.19. The average molecular weight is 322 g/mol. The molecule has 0 aliphatic rings. The Morgan fingerprint density at radius 2 is 2.00 bits per heavy atom. The van der Waals surface area contributed by atoms with E-state index < -0.39 is 12.2 Å². The van der Waals surface area contributed by atoms with Crippen molar-refractivity contribution >= 4 is 22.7 Å². The van der Waals surface area contributed by atoms with Crippen LogP contribution < -0.4 is 5.32 Å². The van der Waals surface area contributed by atoms with E-state index in [-0.39, 0.29) is 6.61 Å². The number of amides is 1. The van der Waals surface area contributed by atoms with Gasteiger partial charge in [0.25, 0.3) is 0 Å². The fourth-order valence-corrected chi connectivity index (χ4v) is 2.32. The number of ether oxygens (including phenoxy) is 1.